The van der Waals surface area contributed by atoms with Gasteiger partial charge in [0.15, 0.2) is 0 Å². The van der Waals surface area contributed by atoms with Crippen molar-refractivity contribution in [3.05, 3.63) is 29.3 Å². The van der Waals surface area contributed by atoms with Crippen LogP contribution in [0.4, 0.5) is 0 Å². The zero-order valence-corrected chi connectivity index (χ0v) is 8.69. The lowest BCUT2D eigenvalue weighted by molar-refractivity contribution is 0.0692. The Morgan fingerprint density at radius 1 is 1.38 bits per heavy atom. The van der Waals surface area contributed by atoms with E-state index in [1.807, 2.05) is 0 Å². The van der Waals surface area contributed by atoms with E-state index in [2.05, 4.69) is 5.92 Å². The van der Waals surface area contributed by atoms with Crippen molar-refractivity contribution in [1.29, 1.82) is 0 Å². The Morgan fingerprint density at radius 3 is 2.81 bits per heavy atom. The van der Waals surface area contributed by atoms with Crippen molar-refractivity contribution in [3.8, 4) is 18.1 Å². The van der Waals surface area contributed by atoms with Gasteiger partial charge in [-0.05, 0) is 12.1 Å². The molecule has 0 fully saturated rings. The monoisotopic (exact) mass is 215 g/mol. The first kappa shape index (κ1) is 10.2. The van der Waals surface area contributed by atoms with Crippen molar-refractivity contribution >= 4 is 11.8 Å². The summed E-state index contributed by atoms with van der Waals surface area (Å²) in [6.07, 6.45) is 5.07. The number of hydrogen-bond donors (Lipinski definition) is 0. The van der Waals surface area contributed by atoms with Gasteiger partial charge in [0.2, 0.25) is 0 Å². The second-order valence-electron chi connectivity index (χ2n) is 3.34. The van der Waals surface area contributed by atoms with Gasteiger partial charge >= 0.3 is 0 Å². The molecular weight excluding hydrogens is 206 g/mol. The van der Waals surface area contributed by atoms with Crippen LogP contribution in [0.1, 0.15) is 20.7 Å². The fourth-order valence-electron chi connectivity index (χ4n) is 1.61. The maximum absolute atomic E-state index is 11.8. The third kappa shape index (κ3) is 1.34. The van der Waals surface area contributed by atoms with Crippen LogP contribution in [0.5, 0.6) is 5.75 Å². The molecule has 2 amide bonds. The number of amides is 2. The number of nitrogens with zero attached hydrogens (tertiary/aromatic N) is 1. The number of ether oxygens (including phenoxy) is 1. The Labute approximate surface area is 92.8 Å². The zero-order valence-electron chi connectivity index (χ0n) is 8.69. The summed E-state index contributed by atoms with van der Waals surface area (Å²) in [7, 11) is 1.44. The molecule has 1 aliphatic rings. The molecule has 0 saturated heterocycles. The Bertz CT molecular complexity index is 513. The number of terminal acetylenes is 1. The number of imide groups is 1. The largest absolute Gasteiger partial charge is 0.480 e. The lowest BCUT2D eigenvalue weighted by atomic mass is 10.1. The van der Waals surface area contributed by atoms with E-state index >= 15 is 0 Å². The fourth-order valence-corrected chi connectivity index (χ4v) is 1.61. The second kappa shape index (κ2) is 3.70. The second-order valence-corrected chi connectivity index (χ2v) is 3.34. The topological polar surface area (TPSA) is 46.6 Å². The summed E-state index contributed by atoms with van der Waals surface area (Å²) in [6, 6.07) is 4.89. The van der Waals surface area contributed by atoms with Crippen molar-refractivity contribution in [2.75, 3.05) is 13.7 Å². The van der Waals surface area contributed by atoms with Crippen LogP contribution in [0.15, 0.2) is 18.2 Å². The summed E-state index contributed by atoms with van der Waals surface area (Å²) < 4.78 is 5.23. The van der Waals surface area contributed by atoms with E-state index in [1.165, 1.54) is 7.05 Å². The normalized spacial score (nSPS) is 13.6. The van der Waals surface area contributed by atoms with Crippen molar-refractivity contribution < 1.29 is 14.3 Å². The fraction of sp³-hybridized carbons (Fsp3) is 0.167. The molecule has 1 heterocycles. The number of carbonyl (C=O) groups excluding carboxylic acids is 2. The molecule has 0 N–H and O–H groups in total. The van der Waals surface area contributed by atoms with Crippen LogP contribution in [0.2, 0.25) is 0 Å². The Morgan fingerprint density at radius 2 is 2.12 bits per heavy atom. The molecule has 0 spiro atoms. The Kier molecular flexibility index (Phi) is 2.37. The van der Waals surface area contributed by atoms with Gasteiger partial charge in [-0.2, -0.15) is 0 Å². The van der Waals surface area contributed by atoms with E-state index in [4.69, 9.17) is 11.2 Å². The Hall–Kier alpha value is -2.28. The number of fused-ring (bicyclic) bond motifs is 1. The average Bonchev–Trinajstić information content (AvgIpc) is 2.53. The van der Waals surface area contributed by atoms with Gasteiger partial charge in [0.05, 0.1) is 11.1 Å². The molecule has 0 bridgehead atoms. The van der Waals surface area contributed by atoms with Gasteiger partial charge in [-0.25, -0.2) is 0 Å². The van der Waals surface area contributed by atoms with Crippen LogP contribution < -0.4 is 4.74 Å². The molecule has 1 aromatic carbocycles. The third-order valence-electron chi connectivity index (χ3n) is 2.39. The van der Waals surface area contributed by atoms with E-state index < -0.39 is 0 Å². The maximum Gasteiger partial charge on any atom is 0.265 e. The highest BCUT2D eigenvalue weighted by atomic mass is 16.5. The van der Waals surface area contributed by atoms with Crippen LogP contribution in [-0.4, -0.2) is 30.4 Å². The molecule has 16 heavy (non-hydrogen) atoms. The molecule has 0 aliphatic carbocycles. The summed E-state index contributed by atoms with van der Waals surface area (Å²) in [6.45, 7) is 0.0711. The van der Waals surface area contributed by atoms with Crippen molar-refractivity contribution in [1.82, 2.24) is 4.90 Å². The molecule has 1 aromatic rings. The van der Waals surface area contributed by atoms with Gasteiger partial charge in [-0.1, -0.05) is 12.0 Å². The molecule has 0 radical (unpaired) electrons. The lowest BCUT2D eigenvalue weighted by Gasteiger charge is -2.06. The summed E-state index contributed by atoms with van der Waals surface area (Å²) in [5, 5.41) is 0. The minimum Gasteiger partial charge on any atom is -0.480 e. The number of benzene rings is 1. The van der Waals surface area contributed by atoms with E-state index in [9.17, 15) is 9.59 Å². The Balaban J connectivity index is 2.50. The molecule has 4 heteroatoms. The van der Waals surface area contributed by atoms with Gasteiger partial charge in [0.25, 0.3) is 11.8 Å². The molecule has 4 nitrogen and oxygen atoms in total. The smallest absolute Gasteiger partial charge is 0.265 e. The van der Waals surface area contributed by atoms with Crippen molar-refractivity contribution in [3.63, 3.8) is 0 Å². The predicted octanol–water partition coefficient (Wildman–Crippen LogP) is 0.924. The number of hydrogen-bond acceptors (Lipinski definition) is 3. The minimum absolute atomic E-state index is 0.0711. The van der Waals surface area contributed by atoms with Gasteiger partial charge in [0.1, 0.15) is 12.4 Å². The van der Waals surface area contributed by atoms with E-state index in [0.717, 1.165) is 4.90 Å². The molecule has 0 unspecified atom stereocenters. The number of carbonyl (C=O) groups is 2. The molecule has 80 valence electrons. The number of rotatable bonds is 2. The predicted molar refractivity (Wildman–Crippen MR) is 57.2 cm³/mol. The molecule has 1 aliphatic heterocycles. The van der Waals surface area contributed by atoms with Gasteiger partial charge in [-0.3, -0.25) is 14.5 Å². The van der Waals surface area contributed by atoms with Crippen LogP contribution in [0.3, 0.4) is 0 Å². The highest BCUT2D eigenvalue weighted by Crippen LogP contribution is 2.29. The van der Waals surface area contributed by atoms with Crippen LogP contribution >= 0.6 is 0 Å². The lowest BCUT2D eigenvalue weighted by Crippen LogP contribution is -2.24. The first-order valence-corrected chi connectivity index (χ1v) is 4.68. The van der Waals surface area contributed by atoms with Crippen molar-refractivity contribution in [2.24, 2.45) is 0 Å². The molecule has 0 atom stereocenters. The SMILES string of the molecule is C#CCOc1cccc2c1C(=O)N(C)C2=O. The highest BCUT2D eigenvalue weighted by molar-refractivity contribution is 6.22. The van der Waals surface area contributed by atoms with E-state index in [0.29, 0.717) is 16.9 Å². The van der Waals surface area contributed by atoms with E-state index in [1.54, 1.807) is 18.2 Å². The van der Waals surface area contributed by atoms with Crippen LogP contribution in [0, 0.1) is 12.3 Å². The van der Waals surface area contributed by atoms with Crippen LogP contribution in [0.25, 0.3) is 0 Å². The highest BCUT2D eigenvalue weighted by Gasteiger charge is 2.35. The summed E-state index contributed by atoms with van der Waals surface area (Å²) in [5.74, 6) is 2.00. The summed E-state index contributed by atoms with van der Waals surface area (Å²) in [4.78, 5) is 24.5. The van der Waals surface area contributed by atoms with Gasteiger partial charge < -0.3 is 4.74 Å². The first-order chi connectivity index (χ1) is 7.66. The molecular formula is C12H9NO3. The van der Waals surface area contributed by atoms with Crippen molar-refractivity contribution in [2.45, 2.75) is 0 Å². The summed E-state index contributed by atoms with van der Waals surface area (Å²) in [5.41, 5.74) is 0.660. The summed E-state index contributed by atoms with van der Waals surface area (Å²) >= 11 is 0. The van der Waals surface area contributed by atoms with Gasteiger partial charge in [0, 0.05) is 7.05 Å². The average molecular weight is 215 g/mol. The van der Waals surface area contributed by atoms with E-state index in [-0.39, 0.29) is 18.4 Å². The van der Waals surface area contributed by atoms with Gasteiger partial charge in [-0.15, -0.1) is 6.42 Å². The standard InChI is InChI=1S/C12H9NO3/c1-3-7-16-9-6-4-5-8-10(9)12(15)13(2)11(8)14/h1,4-6H,7H2,2H3. The molecule has 0 saturated carbocycles. The first-order valence-electron chi connectivity index (χ1n) is 4.68. The molecule has 0 aromatic heterocycles. The zero-order chi connectivity index (χ0) is 11.7. The minimum atomic E-state index is -0.354. The molecule has 2 rings (SSSR count). The van der Waals surface area contributed by atoms with Crippen LogP contribution in [-0.2, 0) is 0 Å². The maximum atomic E-state index is 11.8. The quantitative estimate of drug-likeness (QED) is 0.544. The third-order valence-corrected chi connectivity index (χ3v) is 2.39.